The van der Waals surface area contributed by atoms with Crippen LogP contribution < -0.4 is 14.7 Å². The van der Waals surface area contributed by atoms with Crippen molar-refractivity contribution in [2.45, 2.75) is 38.5 Å². The van der Waals surface area contributed by atoms with Crippen LogP contribution in [-0.4, -0.2) is 4.57 Å². The summed E-state index contributed by atoms with van der Waals surface area (Å²) in [6, 6.07) is 207. The van der Waals surface area contributed by atoms with Gasteiger partial charge in [-0.05, 0) is 334 Å². The van der Waals surface area contributed by atoms with Crippen LogP contribution >= 0.6 is 0 Å². The predicted molar refractivity (Wildman–Crippen MR) is 638 cm³/mol. The van der Waals surface area contributed by atoms with Crippen molar-refractivity contribution >= 4 is 127 Å². The summed E-state index contributed by atoms with van der Waals surface area (Å²) in [5, 5.41) is 15.3. The van der Waals surface area contributed by atoms with Crippen LogP contribution in [0.4, 0.5) is 51.2 Å². The summed E-state index contributed by atoms with van der Waals surface area (Å²) in [6.07, 6.45) is 0. The molecule has 1 heterocycles. The highest BCUT2D eigenvalue weighted by atomic mass is 15.2. The Morgan fingerprint density at radius 1 is 0.140 bits per heavy atom. The molecule has 2 aliphatic rings. The highest BCUT2D eigenvalue weighted by Crippen LogP contribution is 2.55. The van der Waals surface area contributed by atoms with Gasteiger partial charge in [0.05, 0.1) is 11.0 Å². The van der Waals surface area contributed by atoms with Gasteiger partial charge in [0, 0.05) is 78.5 Å². The van der Waals surface area contributed by atoms with E-state index in [0.717, 1.165) is 56.9 Å². The standard InChI is InChI=1S/C54H44N2.C48H34N2.C44H28/c1-53(2)49-21-13-11-19-45(49)47-33-31-43(35-51(47)53)55(39-15-7-5-8-16-39)41-27-23-37(24-28-41)38-25-29-42(30-26-38)56(40-17-9-6-10-18-40)44-32-34-48-46-20-12-14-22-50(46)54(3,4)52(48)36-44;1-3-12-35(13-4-1)37-22-28-41(29-23-37)49(44-17-11-16-40(34-44)36-14-5-2-6-15-36)42-30-24-38(25-31-42)39-26-32-43(33-27-39)50-47-20-9-7-18-45(47)46-19-8-10-21-48(46)50;1-2-11-29(12-3-1)33-23-24-39-41(26-33)44-27-40(34-22-21-30-13-4-5-15-32(30)25-34)37-18-8-9-19-38(37)43(44)28-42(39)36-20-10-16-31-14-6-7-17-35(31)36/h5-36H,1-4H3;1-34H;1-28H. The SMILES string of the molecule is CC1(C)c2ccccc2-c2ccc(N(c3ccccc3)c3ccc(-c4ccc(N(c5ccccc5)c5ccc6c(c5)C(C)(C)c5ccccc5-6)cc4)cc3)cc21.c1ccc(-c2ccc(N(c3ccc(-c4ccc(-n5c6ccccc6c6ccccc65)cc4)cc3)c3cccc(-c4ccccc4)c3)cc2)cc1.c1ccc(-c2ccc3c(-c4cccc5ccccc45)cc4c5ccccc5c(-c5ccc6ccccc6c5)cc4c3c2)cc1. The molecule has 150 heavy (non-hydrogen) atoms. The van der Waals surface area contributed by atoms with E-state index in [4.69, 9.17) is 0 Å². The predicted octanol–water partition coefficient (Wildman–Crippen LogP) is 40.6. The molecule has 28 rings (SSSR count). The van der Waals surface area contributed by atoms with Crippen molar-refractivity contribution in [3.05, 3.63) is 592 Å². The minimum Gasteiger partial charge on any atom is -0.310 e. The molecule has 1 aromatic heterocycles. The van der Waals surface area contributed by atoms with Crippen molar-refractivity contribution in [3.63, 3.8) is 0 Å². The summed E-state index contributed by atoms with van der Waals surface area (Å²) in [5.41, 5.74) is 41.5. The van der Waals surface area contributed by atoms with Crippen molar-refractivity contribution in [1.29, 1.82) is 0 Å². The van der Waals surface area contributed by atoms with Gasteiger partial charge in [-0.3, -0.25) is 0 Å². The van der Waals surface area contributed by atoms with Gasteiger partial charge in [0.15, 0.2) is 0 Å². The average Bonchev–Trinajstić information content (AvgIpc) is 0.825. The van der Waals surface area contributed by atoms with Crippen molar-refractivity contribution in [2.24, 2.45) is 0 Å². The Bertz CT molecular complexity index is 9320. The molecule has 0 saturated carbocycles. The smallest absolute Gasteiger partial charge is 0.0541 e. The molecular formula is C146H106N4. The second-order valence-electron chi connectivity index (χ2n) is 40.6. The van der Waals surface area contributed by atoms with E-state index in [1.165, 1.54) is 198 Å². The van der Waals surface area contributed by atoms with Gasteiger partial charge in [0.2, 0.25) is 0 Å². The van der Waals surface area contributed by atoms with E-state index >= 15 is 0 Å². The van der Waals surface area contributed by atoms with Crippen LogP contribution in [0.15, 0.2) is 570 Å². The minimum absolute atomic E-state index is 0.0700. The monoisotopic (exact) mass is 1910 g/mol. The lowest BCUT2D eigenvalue weighted by molar-refractivity contribution is 0.660. The largest absolute Gasteiger partial charge is 0.310 e. The zero-order valence-corrected chi connectivity index (χ0v) is 84.1. The summed E-state index contributed by atoms with van der Waals surface area (Å²) in [4.78, 5) is 7.09. The van der Waals surface area contributed by atoms with E-state index in [2.05, 4.69) is 617 Å². The maximum atomic E-state index is 2.44. The molecule has 0 fully saturated rings. The third kappa shape index (κ3) is 16.7. The lowest BCUT2D eigenvalue weighted by Gasteiger charge is -2.28. The molecule has 0 saturated heterocycles. The second kappa shape index (κ2) is 38.5. The topological polar surface area (TPSA) is 14.7 Å². The summed E-state index contributed by atoms with van der Waals surface area (Å²) in [7, 11) is 0. The van der Waals surface area contributed by atoms with Crippen molar-refractivity contribution in [3.8, 4) is 106 Å². The maximum absolute atomic E-state index is 2.44. The highest BCUT2D eigenvalue weighted by molar-refractivity contribution is 6.25. The average molecular weight is 1920 g/mol. The number of rotatable bonds is 17. The van der Waals surface area contributed by atoms with Crippen LogP contribution in [0, 0.1) is 0 Å². The number of hydrogen-bond donors (Lipinski definition) is 0. The Kier molecular flexibility index (Phi) is 23.4. The molecular weight excluding hydrogens is 1810 g/mol. The summed E-state index contributed by atoms with van der Waals surface area (Å²) < 4.78 is 2.36. The number of hydrogen-bond acceptors (Lipinski definition) is 3. The number of nitrogens with zero attached hydrogens (tertiary/aromatic N) is 4. The van der Waals surface area contributed by atoms with Crippen LogP contribution in [0.1, 0.15) is 49.9 Å². The van der Waals surface area contributed by atoms with E-state index in [-0.39, 0.29) is 10.8 Å². The molecule has 0 atom stereocenters. The first-order chi connectivity index (χ1) is 73.9. The van der Waals surface area contributed by atoms with Crippen molar-refractivity contribution in [2.75, 3.05) is 14.7 Å². The fourth-order valence-corrected chi connectivity index (χ4v) is 23.5. The first kappa shape index (κ1) is 91.0. The highest BCUT2D eigenvalue weighted by Gasteiger charge is 2.38. The zero-order chi connectivity index (χ0) is 100. The van der Waals surface area contributed by atoms with Gasteiger partial charge in [0.1, 0.15) is 0 Å². The second-order valence-corrected chi connectivity index (χ2v) is 40.6. The lowest BCUT2D eigenvalue weighted by Crippen LogP contribution is -2.16. The zero-order valence-electron chi connectivity index (χ0n) is 84.1. The van der Waals surface area contributed by atoms with Crippen LogP contribution in [0.5, 0.6) is 0 Å². The molecule has 25 aromatic carbocycles. The van der Waals surface area contributed by atoms with Gasteiger partial charge in [0.25, 0.3) is 0 Å². The van der Waals surface area contributed by atoms with Crippen molar-refractivity contribution < 1.29 is 0 Å². The quantitative estimate of drug-likeness (QED) is 0.0845. The minimum atomic E-state index is -0.0700. The van der Waals surface area contributed by atoms with Crippen LogP contribution in [0.2, 0.25) is 0 Å². The van der Waals surface area contributed by atoms with Gasteiger partial charge >= 0.3 is 0 Å². The van der Waals surface area contributed by atoms with Crippen molar-refractivity contribution in [1.82, 2.24) is 4.57 Å². The molecule has 0 aliphatic heterocycles. The molecule has 2 aliphatic carbocycles. The summed E-state index contributed by atoms with van der Waals surface area (Å²) >= 11 is 0. The van der Waals surface area contributed by atoms with Crippen LogP contribution in [-0.2, 0) is 10.8 Å². The number of anilines is 9. The summed E-state index contributed by atoms with van der Waals surface area (Å²) in [6.45, 7) is 9.39. The van der Waals surface area contributed by atoms with Gasteiger partial charge in [-0.15, -0.1) is 0 Å². The molecule has 0 radical (unpaired) electrons. The molecule has 710 valence electrons. The normalized spacial score (nSPS) is 12.4. The van der Waals surface area contributed by atoms with Crippen LogP contribution in [0.25, 0.3) is 181 Å². The van der Waals surface area contributed by atoms with Gasteiger partial charge < -0.3 is 19.3 Å². The molecule has 4 nitrogen and oxygen atoms in total. The van der Waals surface area contributed by atoms with Gasteiger partial charge in [-0.25, -0.2) is 0 Å². The molecule has 26 aromatic rings. The van der Waals surface area contributed by atoms with E-state index in [9.17, 15) is 0 Å². The number of aromatic nitrogens is 1. The Labute approximate surface area is 876 Å². The lowest BCUT2D eigenvalue weighted by atomic mass is 9.82. The Morgan fingerprint density at radius 3 is 0.940 bits per heavy atom. The number of fused-ring (bicyclic) bond motifs is 16. The third-order valence-corrected chi connectivity index (χ3v) is 31.1. The van der Waals surface area contributed by atoms with Gasteiger partial charge in [-0.1, -0.05) is 440 Å². The Hall–Kier alpha value is -19.0. The fraction of sp³-hybridized carbons (Fsp3) is 0.0411. The van der Waals surface area contributed by atoms with E-state index in [0.29, 0.717) is 0 Å². The molecule has 0 amide bonds. The first-order valence-corrected chi connectivity index (χ1v) is 52.1. The Morgan fingerprint density at radius 2 is 0.440 bits per heavy atom. The number of benzene rings is 25. The third-order valence-electron chi connectivity index (χ3n) is 31.1. The maximum Gasteiger partial charge on any atom is 0.0541 e. The first-order valence-electron chi connectivity index (χ1n) is 52.1. The fourth-order valence-electron chi connectivity index (χ4n) is 23.5. The molecule has 0 bridgehead atoms. The molecule has 0 unspecified atom stereocenters. The molecule has 0 N–H and O–H groups in total. The van der Waals surface area contributed by atoms with E-state index < -0.39 is 0 Å². The number of para-hydroxylation sites is 4. The van der Waals surface area contributed by atoms with Crippen LogP contribution in [0.3, 0.4) is 0 Å². The molecule has 0 spiro atoms. The molecule has 4 heteroatoms. The van der Waals surface area contributed by atoms with E-state index in [1.807, 2.05) is 0 Å². The summed E-state index contributed by atoms with van der Waals surface area (Å²) in [5.74, 6) is 0. The van der Waals surface area contributed by atoms with Gasteiger partial charge in [-0.2, -0.15) is 0 Å². The van der Waals surface area contributed by atoms with E-state index in [1.54, 1.807) is 0 Å². The Balaban J connectivity index is 0.000000114.